The summed E-state index contributed by atoms with van der Waals surface area (Å²) in [6.07, 6.45) is 0.253. The summed E-state index contributed by atoms with van der Waals surface area (Å²) in [4.78, 5) is 21.7. The number of rotatable bonds is 5. The van der Waals surface area contributed by atoms with Crippen LogP contribution in [-0.2, 0) is 16.0 Å². The lowest BCUT2D eigenvalue weighted by Gasteiger charge is -2.17. The zero-order chi connectivity index (χ0) is 13.3. The van der Waals surface area contributed by atoms with Gasteiger partial charge in [0, 0.05) is 7.77 Å². The molecular weight excluding hydrogens is 244 g/mol. The van der Waals surface area contributed by atoms with Crippen LogP contribution in [0.3, 0.4) is 0 Å². The molecule has 2 unspecified atom stereocenters. The normalized spacial score (nSPS) is 37.9. The quantitative estimate of drug-likeness (QED) is 0.471. The summed E-state index contributed by atoms with van der Waals surface area (Å²) in [6, 6.07) is -0.419. The van der Waals surface area contributed by atoms with Crippen LogP contribution in [0.4, 0.5) is 4.79 Å². The minimum atomic E-state index is -1.13. The fourth-order valence-corrected chi connectivity index (χ4v) is 4.27. The van der Waals surface area contributed by atoms with Gasteiger partial charge in [-0.1, -0.05) is 0 Å². The molecule has 0 aromatic rings. The summed E-state index contributed by atoms with van der Waals surface area (Å²) in [7, 11) is 0. The van der Waals surface area contributed by atoms with Crippen molar-refractivity contribution in [3.63, 3.8) is 0 Å². The third-order valence-corrected chi connectivity index (χ3v) is 5.03. The van der Waals surface area contributed by atoms with Crippen molar-refractivity contribution >= 4 is 23.2 Å². The van der Waals surface area contributed by atoms with Gasteiger partial charge < -0.3 is 20.3 Å². The Kier molecular flexibility index (Phi) is 3.37. The molecule has 2 rings (SSSR count). The Balaban J connectivity index is 1.81. The molecule has 0 radical (unpaired) electrons. The number of nitrogens with one attached hydrogen (secondary N) is 2. The number of carbonyl (C=O) groups excluding carboxylic acids is 1. The van der Waals surface area contributed by atoms with Crippen molar-refractivity contribution in [1.29, 1.82) is 0 Å². The van der Waals surface area contributed by atoms with Gasteiger partial charge in [0.15, 0.2) is 0 Å². The third kappa shape index (κ3) is 2.84. The summed E-state index contributed by atoms with van der Waals surface area (Å²) in [5.74, 6) is -0.673. The first-order valence-electron chi connectivity index (χ1n) is 6.16. The highest BCUT2D eigenvalue weighted by Gasteiger charge is 2.50. The fraction of sp³-hybridized carbons (Fsp3) is 0.800. The predicted molar refractivity (Wildman–Crippen MR) is 62.1 cm³/mol. The SMILES string of the molecule is [2H]C(CCC[C@H]1[C@H]2NC(=O)N[C@H]2C[S+]1[O-])C(=O)O. The van der Waals surface area contributed by atoms with Crippen molar-refractivity contribution in [3.8, 4) is 0 Å². The van der Waals surface area contributed by atoms with Crippen LogP contribution in [0.2, 0.25) is 0 Å². The Morgan fingerprint density at radius 1 is 1.59 bits per heavy atom. The van der Waals surface area contributed by atoms with E-state index in [-0.39, 0.29) is 29.8 Å². The van der Waals surface area contributed by atoms with Crippen molar-refractivity contribution in [3.05, 3.63) is 0 Å². The number of hydrogen-bond donors (Lipinski definition) is 3. The van der Waals surface area contributed by atoms with Crippen molar-refractivity contribution in [1.82, 2.24) is 10.6 Å². The van der Waals surface area contributed by atoms with E-state index in [1.54, 1.807) is 0 Å². The maximum absolute atomic E-state index is 11.9. The molecule has 0 aromatic heterocycles. The van der Waals surface area contributed by atoms with Gasteiger partial charge in [-0.15, -0.1) is 0 Å². The lowest BCUT2D eigenvalue weighted by Crippen LogP contribution is -2.39. The van der Waals surface area contributed by atoms with E-state index in [1.165, 1.54) is 0 Å². The molecule has 2 fully saturated rings. The molecule has 5 atom stereocenters. The Labute approximate surface area is 104 Å². The first-order chi connectivity index (χ1) is 8.49. The van der Waals surface area contributed by atoms with Crippen LogP contribution in [-0.4, -0.2) is 44.7 Å². The molecule has 2 aliphatic rings. The highest BCUT2D eigenvalue weighted by Crippen LogP contribution is 2.28. The molecule has 0 spiro atoms. The third-order valence-electron chi connectivity index (χ3n) is 3.14. The Bertz CT molecular complexity index is 357. The summed E-state index contributed by atoms with van der Waals surface area (Å²) in [6.45, 7) is 0. The lowest BCUT2D eigenvalue weighted by atomic mass is 10.0. The van der Waals surface area contributed by atoms with Crippen LogP contribution in [0.15, 0.2) is 0 Å². The van der Waals surface area contributed by atoms with Gasteiger partial charge in [0.1, 0.15) is 23.1 Å². The van der Waals surface area contributed by atoms with E-state index >= 15 is 0 Å². The van der Waals surface area contributed by atoms with Gasteiger partial charge in [-0.05, 0) is 30.4 Å². The molecule has 17 heavy (non-hydrogen) atoms. The van der Waals surface area contributed by atoms with Crippen LogP contribution in [0, 0.1) is 0 Å². The summed E-state index contributed by atoms with van der Waals surface area (Å²) < 4.78 is 19.1. The molecule has 0 saturated carbocycles. The van der Waals surface area contributed by atoms with Gasteiger partial charge in [0.25, 0.3) is 0 Å². The number of aliphatic carboxylic acids is 1. The second-order valence-corrected chi connectivity index (χ2v) is 6.01. The molecular formula is C10H16N2O4S. The minimum absolute atomic E-state index is 0.0744. The van der Waals surface area contributed by atoms with Gasteiger partial charge in [0.2, 0.25) is 0 Å². The van der Waals surface area contributed by atoms with Gasteiger partial charge in [-0.3, -0.25) is 4.79 Å². The van der Waals surface area contributed by atoms with E-state index in [1.807, 2.05) is 0 Å². The molecule has 2 aliphatic heterocycles. The van der Waals surface area contributed by atoms with E-state index in [0.29, 0.717) is 18.6 Å². The number of urea groups is 1. The molecule has 2 heterocycles. The van der Waals surface area contributed by atoms with Gasteiger partial charge in [-0.25, -0.2) is 4.79 Å². The van der Waals surface area contributed by atoms with Crippen LogP contribution in [0.25, 0.3) is 0 Å². The van der Waals surface area contributed by atoms with Gasteiger partial charge in [0.05, 0.1) is 0 Å². The van der Waals surface area contributed by atoms with E-state index in [9.17, 15) is 14.1 Å². The highest BCUT2D eigenvalue weighted by molar-refractivity contribution is 7.92. The number of hydrogen-bond acceptors (Lipinski definition) is 3. The van der Waals surface area contributed by atoms with Crippen LogP contribution in [0.1, 0.15) is 27.0 Å². The first kappa shape index (κ1) is 11.2. The van der Waals surface area contributed by atoms with E-state index in [2.05, 4.69) is 10.6 Å². The van der Waals surface area contributed by atoms with E-state index in [0.717, 1.165) is 0 Å². The minimum Gasteiger partial charge on any atom is -0.616 e. The van der Waals surface area contributed by atoms with Crippen LogP contribution in [0.5, 0.6) is 0 Å². The fourth-order valence-electron chi connectivity index (χ4n) is 2.37. The number of fused-ring (bicyclic) bond motifs is 1. The second-order valence-electron chi connectivity index (χ2n) is 4.31. The van der Waals surface area contributed by atoms with Crippen LogP contribution < -0.4 is 10.6 Å². The average molecular weight is 261 g/mol. The van der Waals surface area contributed by atoms with Crippen molar-refractivity contribution in [2.24, 2.45) is 0 Å². The number of carbonyl (C=O) groups is 2. The topological polar surface area (TPSA) is 101 Å². The van der Waals surface area contributed by atoms with E-state index in [4.69, 9.17) is 6.48 Å². The Morgan fingerprint density at radius 2 is 2.35 bits per heavy atom. The molecule has 2 amide bonds. The maximum Gasteiger partial charge on any atom is 0.315 e. The summed E-state index contributed by atoms with van der Waals surface area (Å²) >= 11 is -0.996. The Morgan fingerprint density at radius 3 is 3.06 bits per heavy atom. The smallest absolute Gasteiger partial charge is 0.315 e. The number of carboxylic acid groups (broad SMARTS) is 1. The molecule has 3 N–H and O–H groups in total. The van der Waals surface area contributed by atoms with Gasteiger partial charge >= 0.3 is 12.0 Å². The zero-order valence-electron chi connectivity index (χ0n) is 10.2. The second kappa shape index (κ2) is 5.14. The lowest BCUT2D eigenvalue weighted by molar-refractivity contribution is -0.137. The Hall–Kier alpha value is -0.950. The standard InChI is InChI=1S/C10H16N2O4S/c13-8(14)4-2-1-3-7-9-6(5-17(7)16)11-10(15)12-9/h6-7,9H,1-5H2,(H,13,14)(H2,11,12,15)/t6-,7-,9-,17?/m0/s1/i4D/t4?,6-,7-,9-,17?. The molecule has 2 saturated heterocycles. The van der Waals surface area contributed by atoms with Crippen molar-refractivity contribution < 1.29 is 20.6 Å². The molecule has 7 heteroatoms. The monoisotopic (exact) mass is 261 g/mol. The molecule has 0 aliphatic carbocycles. The molecule has 6 nitrogen and oxygen atoms in total. The van der Waals surface area contributed by atoms with Crippen LogP contribution >= 0.6 is 0 Å². The summed E-state index contributed by atoms with van der Waals surface area (Å²) in [5, 5.41) is 13.9. The number of carboxylic acids is 1. The highest BCUT2D eigenvalue weighted by atomic mass is 32.2. The van der Waals surface area contributed by atoms with E-state index < -0.39 is 23.5 Å². The average Bonchev–Trinajstić information content (AvgIpc) is 2.76. The van der Waals surface area contributed by atoms with Gasteiger partial charge in [-0.2, -0.15) is 0 Å². The molecule has 0 aromatic carbocycles. The summed E-state index contributed by atoms with van der Waals surface area (Å²) in [5.41, 5.74) is 0. The predicted octanol–water partition coefficient (Wildman–Crippen LogP) is -0.188. The first-order valence-corrected chi connectivity index (χ1v) is 6.96. The largest absolute Gasteiger partial charge is 0.616 e. The maximum atomic E-state index is 11.9. The zero-order valence-corrected chi connectivity index (χ0v) is 10.0. The molecule has 0 bridgehead atoms. The molecule has 96 valence electrons. The number of amides is 2. The van der Waals surface area contributed by atoms with Crippen molar-refractivity contribution in [2.45, 2.75) is 43.0 Å². The van der Waals surface area contributed by atoms with Crippen molar-refractivity contribution in [2.75, 3.05) is 5.75 Å².